The fraction of sp³-hybridized carbons (Fsp3) is 0.633. The third kappa shape index (κ3) is 19.1. The van der Waals surface area contributed by atoms with Crippen LogP contribution in [0.5, 0.6) is 0 Å². The Labute approximate surface area is 483 Å². The van der Waals surface area contributed by atoms with Gasteiger partial charge in [-0.3, -0.25) is 47.9 Å². The lowest BCUT2D eigenvalue weighted by Gasteiger charge is -2.33. The third-order valence-corrected chi connectivity index (χ3v) is 15.3. The summed E-state index contributed by atoms with van der Waals surface area (Å²) >= 11 is 0. The van der Waals surface area contributed by atoms with Gasteiger partial charge in [-0.2, -0.15) is 0 Å². The van der Waals surface area contributed by atoms with Gasteiger partial charge in [0.15, 0.2) is 0 Å². The van der Waals surface area contributed by atoms with Crippen molar-refractivity contribution in [1.29, 1.82) is 0 Å². The minimum Gasteiger partial charge on any atom is -0.343 e. The fourth-order valence-electron chi connectivity index (χ4n) is 10.9. The quantitative estimate of drug-likeness (QED) is 0.114. The second-order valence-electron chi connectivity index (χ2n) is 23.7. The summed E-state index contributed by atoms with van der Waals surface area (Å²) in [5, 5.41) is 22.8. The highest BCUT2D eigenvalue weighted by atomic mass is 16.2. The van der Waals surface area contributed by atoms with Gasteiger partial charge in [0.2, 0.25) is 59.1 Å². The maximum Gasteiger partial charge on any atom is 0.246 e. The first kappa shape index (κ1) is 65.9. The van der Waals surface area contributed by atoms with E-state index in [1.165, 1.54) is 9.80 Å². The van der Waals surface area contributed by atoms with E-state index in [1.807, 2.05) is 39.8 Å². The summed E-state index contributed by atoms with van der Waals surface area (Å²) < 4.78 is 0. The molecule has 0 bridgehead atoms. The average Bonchev–Trinajstić information content (AvgIpc) is 4.16. The number of benzene rings is 2. The number of rotatable bonds is 16. The Morgan fingerprint density at radius 2 is 0.732 bits per heavy atom. The van der Waals surface area contributed by atoms with Crippen molar-refractivity contribution in [3.63, 3.8) is 0 Å². The van der Waals surface area contributed by atoms with Crippen molar-refractivity contribution < 1.29 is 47.9 Å². The van der Waals surface area contributed by atoms with Gasteiger partial charge in [0.25, 0.3) is 0 Å². The lowest BCUT2D eigenvalue weighted by Crippen LogP contribution is -2.62. The molecule has 3 heterocycles. The SMILES string of the molecule is CC(C)C[C@@H]1NC(=O)[C@H](CCCN)NC(=O)[C@H](C(C)C)NC(=O)[C@@H]2CCCN2C(=O)[C@@H](Cc2ccccc2)NC(=O)[C@H](CC(C)C)NC(=O)[C@H](CCCN)NC(=O)[C@H](C(C)C)NC(=O)[C@@H]2CCCN2C(=O)[C@H](Cc2ccccc2)NC1=O. The first-order valence-electron chi connectivity index (χ1n) is 29.5. The normalized spacial score (nSPS) is 26.6. The first-order chi connectivity index (χ1) is 39.0. The maximum atomic E-state index is 14.9. The lowest BCUT2D eigenvalue weighted by molar-refractivity contribution is -0.143. The summed E-state index contributed by atoms with van der Waals surface area (Å²) in [6.07, 6.45) is 2.45. The molecule has 0 saturated carbocycles. The van der Waals surface area contributed by atoms with Gasteiger partial charge >= 0.3 is 0 Å². The second-order valence-corrected chi connectivity index (χ2v) is 23.7. The molecular formula is C60H92N12O10. The van der Waals surface area contributed by atoms with Crippen molar-refractivity contribution in [2.75, 3.05) is 26.2 Å². The summed E-state index contributed by atoms with van der Waals surface area (Å²) in [4.78, 5) is 149. The molecule has 3 aliphatic rings. The molecule has 12 N–H and O–H groups in total. The van der Waals surface area contributed by atoms with Crippen LogP contribution in [0.15, 0.2) is 60.7 Å². The molecule has 3 saturated heterocycles. The van der Waals surface area contributed by atoms with Gasteiger partial charge in [-0.05, 0) is 112 Å². The Morgan fingerprint density at radius 3 is 1.05 bits per heavy atom. The molecule has 5 rings (SSSR count). The van der Waals surface area contributed by atoms with E-state index in [0.717, 1.165) is 0 Å². The van der Waals surface area contributed by atoms with Gasteiger partial charge in [-0.25, -0.2) is 0 Å². The standard InChI is InChI=1S/C60H92N12O10/c1-35(2)31-43-53(75)67-45(33-39-19-11-9-12-20-39)59(81)71-29-17-25-47(71)55(77)70-50(38(7)8)58(80)64-42(24-16-28-62)52(74)66-44(32-36(3)4)54(76)68-46(34-40-21-13-10-14-22-40)60(82)72-30-18-26-48(72)56(78)69-49(37(5)6)57(79)63-41(23-15-27-61)51(73)65-43/h9-14,19-22,35-38,41-50H,15-18,23-34,61-62H2,1-8H3,(H,63,79)(H,64,80)(H,65,73)(H,66,74)(H,67,75)(H,68,76)(H,69,78)(H,70,77)/t41-,42-,43-,44-,45-,46+,47-,48-,49-,50-/m0/s1. The molecule has 22 nitrogen and oxygen atoms in total. The zero-order chi connectivity index (χ0) is 60.2. The average molecular weight is 1140 g/mol. The minimum absolute atomic E-state index is 0.0279. The van der Waals surface area contributed by atoms with Crippen molar-refractivity contribution in [1.82, 2.24) is 52.3 Å². The molecule has 0 aliphatic carbocycles. The molecule has 10 atom stereocenters. The van der Waals surface area contributed by atoms with Crippen molar-refractivity contribution in [3.8, 4) is 0 Å². The Hall–Kier alpha value is -6.94. The Morgan fingerprint density at radius 1 is 0.415 bits per heavy atom. The molecule has 2 aromatic carbocycles. The van der Waals surface area contributed by atoms with Crippen LogP contribution in [0.25, 0.3) is 0 Å². The summed E-state index contributed by atoms with van der Waals surface area (Å²) in [6, 6.07) is 6.30. The summed E-state index contributed by atoms with van der Waals surface area (Å²) in [6.45, 7) is 15.0. The Bertz CT molecular complexity index is 2330. The van der Waals surface area contributed by atoms with E-state index in [9.17, 15) is 47.9 Å². The number of nitrogens with two attached hydrogens (primary N) is 2. The Kier molecular flexibility index (Phi) is 25.7. The molecule has 0 radical (unpaired) electrons. The van der Waals surface area contributed by atoms with Crippen LogP contribution in [0.1, 0.15) is 131 Å². The molecule has 2 aromatic rings. The third-order valence-electron chi connectivity index (χ3n) is 15.3. The van der Waals surface area contributed by atoms with E-state index < -0.39 is 131 Å². The van der Waals surface area contributed by atoms with E-state index in [0.29, 0.717) is 36.8 Å². The van der Waals surface area contributed by atoms with Crippen LogP contribution in [0.2, 0.25) is 0 Å². The van der Waals surface area contributed by atoms with Crippen LogP contribution in [0, 0.1) is 23.7 Å². The number of hydrogen-bond acceptors (Lipinski definition) is 12. The molecular weight excluding hydrogens is 1050 g/mol. The number of nitrogens with one attached hydrogen (secondary N) is 8. The fourth-order valence-corrected chi connectivity index (χ4v) is 10.9. The van der Waals surface area contributed by atoms with E-state index in [2.05, 4.69) is 42.5 Å². The minimum atomic E-state index is -1.22. The highest BCUT2D eigenvalue weighted by Gasteiger charge is 2.43. The molecule has 0 spiro atoms. The number of carbonyl (C=O) groups excluding carboxylic acids is 10. The van der Waals surface area contributed by atoms with Gasteiger partial charge < -0.3 is 63.8 Å². The number of hydrogen-bond donors (Lipinski definition) is 10. The zero-order valence-electron chi connectivity index (χ0n) is 49.3. The first-order valence-corrected chi connectivity index (χ1v) is 29.5. The highest BCUT2D eigenvalue weighted by molar-refractivity contribution is 6.00. The van der Waals surface area contributed by atoms with Crippen LogP contribution in [-0.2, 0) is 60.8 Å². The molecule has 3 fully saturated rings. The Balaban J connectivity index is 1.58. The predicted octanol–water partition coefficient (Wildman–Crippen LogP) is 1.23. The zero-order valence-corrected chi connectivity index (χ0v) is 49.3. The summed E-state index contributed by atoms with van der Waals surface area (Å²) in [5.74, 6) is -7.75. The van der Waals surface area contributed by atoms with Crippen LogP contribution in [0.3, 0.4) is 0 Å². The van der Waals surface area contributed by atoms with Gasteiger partial charge in [0.05, 0.1) is 0 Å². The maximum absolute atomic E-state index is 14.9. The number of nitrogens with zero attached hydrogens (tertiary/aromatic N) is 2. The van der Waals surface area contributed by atoms with Crippen molar-refractivity contribution >= 4 is 59.1 Å². The van der Waals surface area contributed by atoms with Crippen molar-refractivity contribution in [2.45, 2.75) is 193 Å². The van der Waals surface area contributed by atoms with E-state index in [1.54, 1.807) is 76.2 Å². The van der Waals surface area contributed by atoms with Crippen LogP contribution in [-0.4, -0.2) is 155 Å². The monoisotopic (exact) mass is 1140 g/mol. The van der Waals surface area contributed by atoms with E-state index in [-0.39, 0.29) is 89.4 Å². The molecule has 0 aromatic heterocycles. The molecule has 22 heteroatoms. The highest BCUT2D eigenvalue weighted by Crippen LogP contribution is 2.24. The largest absolute Gasteiger partial charge is 0.343 e. The smallest absolute Gasteiger partial charge is 0.246 e. The second kappa shape index (κ2) is 32.0. The lowest BCUT2D eigenvalue weighted by atomic mass is 9.99. The summed E-state index contributed by atoms with van der Waals surface area (Å²) in [5.41, 5.74) is 13.3. The molecule has 0 unspecified atom stereocenters. The molecule has 10 amide bonds. The van der Waals surface area contributed by atoms with Crippen LogP contribution in [0.4, 0.5) is 0 Å². The van der Waals surface area contributed by atoms with Gasteiger partial charge in [-0.15, -0.1) is 0 Å². The van der Waals surface area contributed by atoms with Crippen molar-refractivity contribution in [3.05, 3.63) is 71.8 Å². The predicted molar refractivity (Wildman–Crippen MR) is 310 cm³/mol. The van der Waals surface area contributed by atoms with Gasteiger partial charge in [-0.1, -0.05) is 116 Å². The molecule has 3 aliphatic heterocycles. The van der Waals surface area contributed by atoms with Gasteiger partial charge in [0.1, 0.15) is 60.4 Å². The van der Waals surface area contributed by atoms with E-state index >= 15 is 0 Å². The topological polar surface area (TPSA) is 325 Å². The number of carbonyl (C=O) groups is 10. The molecule has 82 heavy (non-hydrogen) atoms. The summed E-state index contributed by atoms with van der Waals surface area (Å²) in [7, 11) is 0. The number of fused-ring (bicyclic) bond motifs is 2. The number of amides is 10. The molecule has 452 valence electrons. The van der Waals surface area contributed by atoms with Gasteiger partial charge in [0, 0.05) is 25.9 Å². The van der Waals surface area contributed by atoms with Crippen LogP contribution >= 0.6 is 0 Å². The van der Waals surface area contributed by atoms with E-state index in [4.69, 9.17) is 11.5 Å². The van der Waals surface area contributed by atoms with Crippen molar-refractivity contribution in [2.24, 2.45) is 35.1 Å². The van der Waals surface area contributed by atoms with Crippen LogP contribution < -0.4 is 54.0 Å².